The Morgan fingerprint density at radius 2 is 1.24 bits per heavy atom. The Kier molecular flexibility index (Phi) is 13.2. The molecule has 0 N–H and O–H groups in total. The van der Waals surface area contributed by atoms with Crippen LogP contribution in [0.1, 0.15) is 23.5 Å². The Bertz CT molecular complexity index is 441. The van der Waals surface area contributed by atoms with Crippen LogP contribution in [-0.2, 0) is 4.74 Å². The first-order chi connectivity index (χ1) is 8.43. The summed E-state index contributed by atoms with van der Waals surface area (Å²) in [7, 11) is 0. The van der Waals surface area contributed by atoms with Crippen LogP contribution in [0.25, 0.3) is 0 Å². The number of benzene rings is 2. The molecular formula is C16H23AlCl2MgO. The normalized spacial score (nSPS) is 14.8. The minimum Gasteiger partial charge on any atom is -0.373 e. The van der Waals surface area contributed by atoms with E-state index in [0.717, 1.165) is 13.0 Å². The van der Waals surface area contributed by atoms with Gasteiger partial charge in [0.05, 0.1) is 12.7 Å². The lowest BCUT2D eigenvalue weighted by molar-refractivity contribution is 0.388. The van der Waals surface area contributed by atoms with Gasteiger partial charge in [-0.15, -0.1) is 24.8 Å². The summed E-state index contributed by atoms with van der Waals surface area (Å²) in [6, 6.07) is 21.4. The minimum atomic E-state index is 0. The van der Waals surface area contributed by atoms with Gasteiger partial charge in [-0.05, 0) is 17.5 Å². The molecule has 0 amide bonds. The van der Waals surface area contributed by atoms with Crippen molar-refractivity contribution >= 4 is 65.2 Å². The molecule has 1 aliphatic heterocycles. The molecule has 3 rings (SSSR count). The van der Waals surface area contributed by atoms with Crippen molar-refractivity contribution in [3.05, 3.63) is 71.8 Å². The van der Waals surface area contributed by atoms with Crippen molar-refractivity contribution in [3.8, 4) is 0 Å². The molecule has 2 aromatic carbocycles. The molecule has 0 aromatic heterocycles. The second-order valence-electron chi connectivity index (χ2n) is 4.56. The summed E-state index contributed by atoms with van der Waals surface area (Å²) in [5, 5.41) is 0. The molecule has 0 bridgehead atoms. The molecule has 2 aromatic rings. The molecule has 1 fully saturated rings. The van der Waals surface area contributed by atoms with Crippen LogP contribution < -0.4 is 0 Å². The SMILES string of the molecule is Cl.Cl.[AlH3].[MgH2].c1ccc(C(CC2CO2)c2ccccc2)cc1. The average molecular weight is 354 g/mol. The van der Waals surface area contributed by atoms with Crippen LogP contribution in [-0.4, -0.2) is 53.1 Å². The van der Waals surface area contributed by atoms with E-state index in [4.69, 9.17) is 4.74 Å². The highest BCUT2D eigenvalue weighted by atomic mass is 35.5. The fourth-order valence-corrected chi connectivity index (χ4v) is 2.30. The zero-order valence-electron chi connectivity index (χ0n) is 10.6. The van der Waals surface area contributed by atoms with E-state index in [0.29, 0.717) is 12.0 Å². The van der Waals surface area contributed by atoms with Crippen molar-refractivity contribution in [2.75, 3.05) is 6.61 Å². The van der Waals surface area contributed by atoms with Crippen LogP contribution in [0.5, 0.6) is 0 Å². The van der Waals surface area contributed by atoms with Crippen LogP contribution in [0, 0.1) is 0 Å². The molecule has 1 aliphatic rings. The average Bonchev–Trinajstić information content (AvgIpc) is 3.22. The maximum atomic E-state index is 5.38. The number of halogens is 2. The molecule has 0 radical (unpaired) electrons. The zero-order chi connectivity index (χ0) is 11.5. The molecule has 0 aliphatic carbocycles. The maximum absolute atomic E-state index is 5.38. The van der Waals surface area contributed by atoms with Crippen LogP contribution in [0.15, 0.2) is 60.7 Å². The van der Waals surface area contributed by atoms with Gasteiger partial charge < -0.3 is 4.74 Å². The standard InChI is InChI=1S/C16H16O.Al.2ClH.Mg.5H/c1-3-7-13(8-4-1)16(11-15-12-17-15)14-9-5-2-6-10-14;;;;;;;;;/h1-10,15-16H,11-12H2;;2*1H;;;;;;. The van der Waals surface area contributed by atoms with Gasteiger partial charge in [0.2, 0.25) is 0 Å². The first-order valence-corrected chi connectivity index (χ1v) is 6.15. The molecule has 21 heavy (non-hydrogen) atoms. The second kappa shape index (κ2) is 11.8. The fraction of sp³-hybridized carbons (Fsp3) is 0.250. The van der Waals surface area contributed by atoms with Gasteiger partial charge in [0.15, 0.2) is 17.4 Å². The van der Waals surface area contributed by atoms with Crippen LogP contribution in [0.2, 0.25) is 0 Å². The van der Waals surface area contributed by atoms with E-state index in [1.165, 1.54) is 11.1 Å². The first kappa shape index (κ1) is 23.5. The van der Waals surface area contributed by atoms with Crippen LogP contribution in [0.4, 0.5) is 0 Å². The molecule has 1 nitrogen and oxygen atoms in total. The number of hydrogen-bond acceptors (Lipinski definition) is 1. The number of epoxide rings is 1. The van der Waals surface area contributed by atoms with Crippen molar-refractivity contribution in [1.82, 2.24) is 0 Å². The van der Waals surface area contributed by atoms with Crippen molar-refractivity contribution < 1.29 is 4.74 Å². The Labute approximate surface area is 166 Å². The summed E-state index contributed by atoms with van der Waals surface area (Å²) in [6.07, 6.45) is 1.55. The van der Waals surface area contributed by atoms with Crippen molar-refractivity contribution in [2.24, 2.45) is 0 Å². The third-order valence-electron chi connectivity index (χ3n) is 3.30. The molecule has 5 heteroatoms. The fourth-order valence-electron chi connectivity index (χ4n) is 2.30. The summed E-state index contributed by atoms with van der Waals surface area (Å²) in [4.78, 5) is 0. The summed E-state index contributed by atoms with van der Waals surface area (Å²) >= 11 is 0. The summed E-state index contributed by atoms with van der Waals surface area (Å²) in [6.45, 7) is 0.927. The van der Waals surface area contributed by atoms with Gasteiger partial charge in [-0.1, -0.05) is 60.7 Å². The lowest BCUT2D eigenvalue weighted by Gasteiger charge is -2.16. The molecule has 1 unspecified atom stereocenters. The van der Waals surface area contributed by atoms with E-state index in [1.54, 1.807) is 0 Å². The van der Waals surface area contributed by atoms with Gasteiger partial charge in [0.1, 0.15) is 0 Å². The summed E-state index contributed by atoms with van der Waals surface area (Å²) in [5.74, 6) is 0.463. The van der Waals surface area contributed by atoms with Crippen LogP contribution >= 0.6 is 24.8 Å². The van der Waals surface area contributed by atoms with Gasteiger partial charge in [0.25, 0.3) is 0 Å². The van der Waals surface area contributed by atoms with Crippen molar-refractivity contribution in [2.45, 2.75) is 18.4 Å². The van der Waals surface area contributed by atoms with E-state index in [-0.39, 0.29) is 65.2 Å². The Hall–Kier alpha value is 0.279. The molecule has 0 spiro atoms. The molecule has 112 valence electrons. The highest BCUT2D eigenvalue weighted by molar-refractivity contribution is 5.85. The Balaban J connectivity index is 0. The predicted molar refractivity (Wildman–Crippen MR) is 102 cm³/mol. The topological polar surface area (TPSA) is 12.5 Å². The quantitative estimate of drug-likeness (QED) is 0.607. The molecular weight excluding hydrogens is 330 g/mol. The Morgan fingerprint density at radius 3 is 1.57 bits per heavy atom. The second-order valence-corrected chi connectivity index (χ2v) is 4.56. The minimum absolute atomic E-state index is 0. The third-order valence-corrected chi connectivity index (χ3v) is 3.30. The predicted octanol–water partition coefficient (Wildman–Crippen LogP) is 2.35. The van der Waals surface area contributed by atoms with E-state index >= 15 is 0 Å². The molecule has 0 saturated carbocycles. The van der Waals surface area contributed by atoms with Gasteiger partial charge in [-0.2, -0.15) is 0 Å². The molecule has 1 heterocycles. The van der Waals surface area contributed by atoms with Crippen LogP contribution in [0.3, 0.4) is 0 Å². The third kappa shape index (κ3) is 6.93. The highest BCUT2D eigenvalue weighted by Gasteiger charge is 2.28. The van der Waals surface area contributed by atoms with Crippen molar-refractivity contribution in [1.29, 1.82) is 0 Å². The zero-order valence-corrected chi connectivity index (χ0v) is 12.2. The number of hydrogen-bond donors (Lipinski definition) is 0. The summed E-state index contributed by atoms with van der Waals surface area (Å²) in [5.41, 5.74) is 2.77. The van der Waals surface area contributed by atoms with E-state index in [2.05, 4.69) is 60.7 Å². The summed E-state index contributed by atoms with van der Waals surface area (Å²) < 4.78 is 5.38. The molecule has 1 saturated heterocycles. The number of ether oxygens (including phenoxy) is 1. The number of rotatable bonds is 4. The monoisotopic (exact) mass is 352 g/mol. The van der Waals surface area contributed by atoms with Gasteiger partial charge in [-0.3, -0.25) is 0 Å². The van der Waals surface area contributed by atoms with Gasteiger partial charge >= 0.3 is 23.1 Å². The lowest BCUT2D eigenvalue weighted by Crippen LogP contribution is -2.04. The van der Waals surface area contributed by atoms with Gasteiger partial charge in [-0.25, -0.2) is 0 Å². The molecule has 1 atom stereocenters. The van der Waals surface area contributed by atoms with Gasteiger partial charge in [0, 0.05) is 5.92 Å². The smallest absolute Gasteiger partial charge is 0.316 e. The maximum Gasteiger partial charge on any atom is 0.316 e. The van der Waals surface area contributed by atoms with E-state index < -0.39 is 0 Å². The van der Waals surface area contributed by atoms with E-state index in [1.807, 2.05) is 0 Å². The first-order valence-electron chi connectivity index (χ1n) is 6.15. The Morgan fingerprint density at radius 1 is 0.857 bits per heavy atom. The largest absolute Gasteiger partial charge is 0.373 e. The van der Waals surface area contributed by atoms with E-state index in [9.17, 15) is 0 Å². The van der Waals surface area contributed by atoms with Crippen molar-refractivity contribution in [3.63, 3.8) is 0 Å². The highest BCUT2D eigenvalue weighted by Crippen LogP contribution is 2.32. The lowest BCUT2D eigenvalue weighted by atomic mass is 9.87.